The zero-order valence-corrected chi connectivity index (χ0v) is 11.9. The van der Waals surface area contributed by atoms with Crippen LogP contribution in [-0.2, 0) is 6.42 Å². The second kappa shape index (κ2) is 7.29. The van der Waals surface area contributed by atoms with Crippen LogP contribution >= 0.6 is 11.6 Å². The molecule has 0 heterocycles. The quantitative estimate of drug-likeness (QED) is 0.860. The molecule has 20 heavy (non-hydrogen) atoms. The van der Waals surface area contributed by atoms with Crippen molar-refractivity contribution in [2.45, 2.75) is 12.5 Å². The van der Waals surface area contributed by atoms with Crippen molar-refractivity contribution in [1.82, 2.24) is 0 Å². The normalized spacial score (nSPS) is 12.2. The largest absolute Gasteiger partial charge is 0.484 e. The van der Waals surface area contributed by atoms with Gasteiger partial charge in [0.05, 0.1) is 0 Å². The monoisotopic (exact) mass is 291 g/mol. The van der Waals surface area contributed by atoms with E-state index < -0.39 is 0 Å². The van der Waals surface area contributed by atoms with Crippen LogP contribution in [0.2, 0.25) is 5.02 Å². The molecular formula is C16H18ClNO2. The number of hydrogen-bond acceptors (Lipinski definition) is 3. The Kier molecular flexibility index (Phi) is 5.41. The summed E-state index contributed by atoms with van der Waals surface area (Å²) in [6, 6.07) is 15.2. The van der Waals surface area contributed by atoms with Crippen molar-refractivity contribution in [3.8, 4) is 5.75 Å². The maximum Gasteiger partial charge on any atom is 0.136 e. The Morgan fingerprint density at radius 1 is 1.15 bits per heavy atom. The number of rotatable bonds is 6. The summed E-state index contributed by atoms with van der Waals surface area (Å²) in [6.07, 6.45) is 0.303. The first-order chi connectivity index (χ1) is 9.74. The molecule has 3 nitrogen and oxygen atoms in total. The topological polar surface area (TPSA) is 55.5 Å². The third kappa shape index (κ3) is 3.73. The van der Waals surface area contributed by atoms with Crippen molar-refractivity contribution in [3.63, 3.8) is 0 Å². The minimum absolute atomic E-state index is 0.0881. The summed E-state index contributed by atoms with van der Waals surface area (Å²) in [6.45, 7) is 0.443. The minimum Gasteiger partial charge on any atom is -0.484 e. The van der Waals surface area contributed by atoms with E-state index in [2.05, 4.69) is 0 Å². The van der Waals surface area contributed by atoms with Crippen molar-refractivity contribution >= 4 is 11.6 Å². The molecule has 2 rings (SSSR count). The van der Waals surface area contributed by atoms with Gasteiger partial charge in [-0.2, -0.15) is 0 Å². The molecular weight excluding hydrogens is 274 g/mol. The summed E-state index contributed by atoms with van der Waals surface area (Å²) in [4.78, 5) is 0. The first kappa shape index (κ1) is 14.9. The summed E-state index contributed by atoms with van der Waals surface area (Å²) >= 11 is 6.00. The van der Waals surface area contributed by atoms with Crippen LogP contribution in [0.4, 0.5) is 0 Å². The van der Waals surface area contributed by atoms with E-state index in [4.69, 9.17) is 27.2 Å². The van der Waals surface area contributed by atoms with Gasteiger partial charge in [0.25, 0.3) is 0 Å². The van der Waals surface area contributed by atoms with Gasteiger partial charge in [0.1, 0.15) is 11.9 Å². The standard InChI is InChI=1S/C16H18ClNO2/c17-14-6-3-5-13(10-14)16(11-18)20-15-7-2-1-4-12(15)8-9-19/h1-7,10,16,19H,8-9,11,18H2. The molecule has 0 radical (unpaired) electrons. The molecule has 1 unspecified atom stereocenters. The Morgan fingerprint density at radius 3 is 2.65 bits per heavy atom. The Balaban J connectivity index is 2.22. The van der Waals surface area contributed by atoms with E-state index in [1.807, 2.05) is 48.5 Å². The summed E-state index contributed by atoms with van der Waals surface area (Å²) < 4.78 is 5.99. The van der Waals surface area contributed by atoms with Crippen LogP contribution in [0.3, 0.4) is 0 Å². The van der Waals surface area contributed by atoms with Gasteiger partial charge in [0.2, 0.25) is 0 Å². The summed E-state index contributed by atoms with van der Waals surface area (Å²) in [7, 11) is 0. The number of hydrogen-bond donors (Lipinski definition) is 2. The van der Waals surface area contributed by atoms with E-state index in [9.17, 15) is 0 Å². The van der Waals surface area contributed by atoms with Crippen LogP contribution in [0.15, 0.2) is 48.5 Å². The summed E-state index contributed by atoms with van der Waals surface area (Å²) in [5, 5.41) is 9.75. The lowest BCUT2D eigenvalue weighted by molar-refractivity contribution is 0.210. The van der Waals surface area contributed by atoms with Crippen LogP contribution in [-0.4, -0.2) is 18.3 Å². The lowest BCUT2D eigenvalue weighted by Crippen LogP contribution is -2.19. The fraction of sp³-hybridized carbons (Fsp3) is 0.250. The van der Waals surface area contributed by atoms with E-state index in [0.29, 0.717) is 18.0 Å². The van der Waals surface area contributed by atoms with E-state index >= 15 is 0 Å². The first-order valence-electron chi connectivity index (χ1n) is 6.55. The Bertz CT molecular complexity index is 560. The molecule has 0 aliphatic rings. The number of aliphatic hydroxyl groups excluding tert-OH is 1. The van der Waals surface area contributed by atoms with Crippen molar-refractivity contribution in [3.05, 3.63) is 64.7 Å². The van der Waals surface area contributed by atoms with Crippen LogP contribution < -0.4 is 10.5 Å². The average Bonchev–Trinajstić information content (AvgIpc) is 2.46. The SMILES string of the molecule is NCC(Oc1ccccc1CCO)c1cccc(Cl)c1. The molecule has 0 amide bonds. The Morgan fingerprint density at radius 2 is 1.95 bits per heavy atom. The molecule has 0 aliphatic carbocycles. The number of para-hydroxylation sites is 1. The zero-order chi connectivity index (χ0) is 14.4. The molecule has 0 aliphatic heterocycles. The number of nitrogens with two attached hydrogens (primary N) is 1. The number of halogens is 1. The lowest BCUT2D eigenvalue weighted by atomic mass is 10.1. The molecule has 4 heteroatoms. The number of benzene rings is 2. The van der Waals surface area contributed by atoms with Gasteiger partial charge in [0.15, 0.2) is 0 Å². The molecule has 0 saturated heterocycles. The molecule has 0 bridgehead atoms. The number of aliphatic hydroxyl groups is 1. The molecule has 106 valence electrons. The fourth-order valence-electron chi connectivity index (χ4n) is 2.06. The Hall–Kier alpha value is -1.55. The predicted molar refractivity (Wildman–Crippen MR) is 81.1 cm³/mol. The highest BCUT2D eigenvalue weighted by Gasteiger charge is 2.13. The van der Waals surface area contributed by atoms with Gasteiger partial charge in [-0.15, -0.1) is 0 Å². The van der Waals surface area contributed by atoms with E-state index in [-0.39, 0.29) is 12.7 Å². The van der Waals surface area contributed by atoms with Crippen LogP contribution in [0.5, 0.6) is 5.75 Å². The van der Waals surface area contributed by atoms with Crippen LogP contribution in [0, 0.1) is 0 Å². The smallest absolute Gasteiger partial charge is 0.136 e. The van der Waals surface area contributed by atoms with Gasteiger partial charge < -0.3 is 15.6 Å². The second-order valence-corrected chi connectivity index (χ2v) is 4.91. The third-order valence-corrected chi connectivity index (χ3v) is 3.29. The highest BCUT2D eigenvalue weighted by atomic mass is 35.5. The highest BCUT2D eigenvalue weighted by molar-refractivity contribution is 6.30. The van der Waals surface area contributed by atoms with Gasteiger partial charge in [-0.25, -0.2) is 0 Å². The molecule has 3 N–H and O–H groups in total. The molecule has 0 fully saturated rings. The minimum atomic E-state index is -0.256. The lowest BCUT2D eigenvalue weighted by Gasteiger charge is -2.20. The van der Waals surface area contributed by atoms with Crippen molar-refractivity contribution < 1.29 is 9.84 Å². The molecule has 2 aromatic carbocycles. The molecule has 0 saturated carbocycles. The Labute approximate surface area is 123 Å². The van der Waals surface area contributed by atoms with Crippen molar-refractivity contribution in [1.29, 1.82) is 0 Å². The summed E-state index contributed by atoms with van der Waals surface area (Å²) in [5.41, 5.74) is 7.72. The van der Waals surface area contributed by atoms with Crippen LogP contribution in [0.1, 0.15) is 17.2 Å². The first-order valence-corrected chi connectivity index (χ1v) is 6.93. The maximum absolute atomic E-state index is 9.09. The zero-order valence-electron chi connectivity index (χ0n) is 11.1. The predicted octanol–water partition coefficient (Wildman–Crippen LogP) is 2.95. The highest BCUT2D eigenvalue weighted by Crippen LogP contribution is 2.26. The molecule has 0 spiro atoms. The second-order valence-electron chi connectivity index (χ2n) is 4.48. The molecule has 0 aromatic heterocycles. The van der Waals surface area contributed by atoms with Gasteiger partial charge >= 0.3 is 0 Å². The van der Waals surface area contributed by atoms with Gasteiger partial charge in [-0.1, -0.05) is 41.9 Å². The molecule has 2 aromatic rings. The fourth-order valence-corrected chi connectivity index (χ4v) is 2.26. The van der Waals surface area contributed by atoms with Crippen molar-refractivity contribution in [2.24, 2.45) is 5.73 Å². The summed E-state index contributed by atoms with van der Waals surface area (Å²) in [5.74, 6) is 0.747. The van der Waals surface area contributed by atoms with Crippen LogP contribution in [0.25, 0.3) is 0 Å². The third-order valence-electron chi connectivity index (χ3n) is 3.06. The van der Waals surface area contributed by atoms with Gasteiger partial charge in [0, 0.05) is 18.2 Å². The van der Waals surface area contributed by atoms with E-state index in [0.717, 1.165) is 16.9 Å². The van der Waals surface area contributed by atoms with E-state index in [1.165, 1.54) is 0 Å². The van der Waals surface area contributed by atoms with Crippen molar-refractivity contribution in [2.75, 3.05) is 13.2 Å². The molecule has 1 atom stereocenters. The van der Waals surface area contributed by atoms with E-state index in [1.54, 1.807) is 0 Å². The average molecular weight is 292 g/mol. The number of ether oxygens (including phenoxy) is 1. The maximum atomic E-state index is 9.09. The van der Waals surface area contributed by atoms with Gasteiger partial charge in [-0.3, -0.25) is 0 Å². The van der Waals surface area contributed by atoms with Gasteiger partial charge in [-0.05, 0) is 35.7 Å².